The van der Waals surface area contributed by atoms with E-state index in [1.165, 1.54) is 12.2 Å². The molecule has 0 aromatic heterocycles. The molecule has 0 fully saturated rings. The van der Waals surface area contributed by atoms with E-state index in [0.717, 1.165) is 12.3 Å². The molecule has 0 aromatic rings. The van der Waals surface area contributed by atoms with Crippen LogP contribution < -0.4 is 5.32 Å². The highest BCUT2D eigenvalue weighted by molar-refractivity contribution is 8.76. The molecule has 0 rings (SSSR count). The molecule has 6 heteroatoms. The lowest BCUT2D eigenvalue weighted by Gasteiger charge is -2.06. The maximum Gasteiger partial charge on any atom is 0.220 e. The van der Waals surface area contributed by atoms with Gasteiger partial charge in [0.05, 0.1) is 6.61 Å². The van der Waals surface area contributed by atoms with Gasteiger partial charge in [-0.05, 0) is 18.8 Å². The third-order valence-electron chi connectivity index (χ3n) is 2.82. The van der Waals surface area contributed by atoms with Gasteiger partial charge in [-0.15, -0.1) is 0 Å². The first kappa shape index (κ1) is 23.6. The van der Waals surface area contributed by atoms with Gasteiger partial charge in [0.2, 0.25) is 5.91 Å². The van der Waals surface area contributed by atoms with Gasteiger partial charge in [0, 0.05) is 31.2 Å². The normalized spacial score (nSPS) is 10.8. The number of hydrogen-bond acceptors (Lipinski definition) is 5. The van der Waals surface area contributed by atoms with E-state index < -0.39 is 0 Å². The average molecular weight is 376 g/mol. The van der Waals surface area contributed by atoms with Crippen LogP contribution in [0, 0.1) is 23.7 Å². The smallest absolute Gasteiger partial charge is 0.220 e. The standard InChI is InChI=1S/C18H33NO3S2/c1-16(2)7-5-11-21-13-10-19-18(20)8-6-12-22-15-24-23-14-9-17(3)4/h16-17H,6,8-15H2,1-4H3,(H,19,20). The van der Waals surface area contributed by atoms with Gasteiger partial charge in [0.1, 0.15) is 12.5 Å². The lowest BCUT2D eigenvalue weighted by atomic mass is 10.2. The van der Waals surface area contributed by atoms with Crippen molar-refractivity contribution in [2.75, 3.05) is 38.1 Å². The second-order valence-electron chi connectivity index (χ2n) is 6.13. The number of nitrogens with one attached hydrogen (secondary N) is 1. The lowest BCUT2D eigenvalue weighted by Crippen LogP contribution is -2.27. The van der Waals surface area contributed by atoms with E-state index in [1.54, 1.807) is 10.8 Å². The summed E-state index contributed by atoms with van der Waals surface area (Å²) in [5.41, 5.74) is 0. The monoisotopic (exact) mass is 375 g/mol. The van der Waals surface area contributed by atoms with Gasteiger partial charge >= 0.3 is 0 Å². The van der Waals surface area contributed by atoms with Crippen LogP contribution in [0.5, 0.6) is 0 Å². The Morgan fingerprint density at radius 2 is 1.92 bits per heavy atom. The summed E-state index contributed by atoms with van der Waals surface area (Å²) in [6.45, 7) is 10.6. The predicted molar refractivity (Wildman–Crippen MR) is 106 cm³/mol. The van der Waals surface area contributed by atoms with E-state index in [1.807, 2.05) is 24.6 Å². The van der Waals surface area contributed by atoms with Crippen molar-refractivity contribution in [2.45, 2.75) is 47.0 Å². The van der Waals surface area contributed by atoms with Crippen molar-refractivity contribution in [3.05, 3.63) is 0 Å². The predicted octanol–water partition coefficient (Wildman–Crippen LogP) is 3.96. The Hall–Kier alpha value is -0.350. The Morgan fingerprint density at radius 1 is 1.12 bits per heavy atom. The molecule has 1 amide bonds. The zero-order valence-electron chi connectivity index (χ0n) is 15.6. The molecule has 0 heterocycles. The largest absolute Gasteiger partial charge is 0.370 e. The van der Waals surface area contributed by atoms with Crippen LogP contribution in [-0.4, -0.2) is 44.0 Å². The number of ether oxygens (including phenoxy) is 2. The first-order chi connectivity index (χ1) is 11.5. The minimum Gasteiger partial charge on any atom is -0.370 e. The van der Waals surface area contributed by atoms with Crippen molar-refractivity contribution in [1.82, 2.24) is 5.32 Å². The molecule has 0 aromatic carbocycles. The van der Waals surface area contributed by atoms with E-state index >= 15 is 0 Å². The first-order valence-corrected chi connectivity index (χ1v) is 11.2. The molecule has 0 saturated heterocycles. The van der Waals surface area contributed by atoms with Gasteiger partial charge in [-0.25, -0.2) is 0 Å². The van der Waals surface area contributed by atoms with Crippen LogP contribution >= 0.6 is 21.6 Å². The Kier molecular flexibility index (Phi) is 17.2. The highest BCUT2D eigenvalue weighted by Crippen LogP contribution is 2.23. The summed E-state index contributed by atoms with van der Waals surface area (Å²) in [4.78, 5) is 11.6. The van der Waals surface area contributed by atoms with E-state index in [0.29, 0.717) is 44.6 Å². The molecule has 0 bridgehead atoms. The Morgan fingerprint density at radius 3 is 2.62 bits per heavy atom. The van der Waals surface area contributed by atoms with Crippen LogP contribution in [0.1, 0.15) is 47.0 Å². The zero-order valence-corrected chi connectivity index (χ0v) is 17.2. The topological polar surface area (TPSA) is 47.6 Å². The minimum absolute atomic E-state index is 0.0504. The SMILES string of the molecule is CC(C)C#CCOCCNC(=O)CCCOCSSCCC(C)C. The number of hydrogen-bond donors (Lipinski definition) is 1. The fourth-order valence-electron chi connectivity index (χ4n) is 1.52. The van der Waals surface area contributed by atoms with Gasteiger partial charge in [-0.3, -0.25) is 4.79 Å². The van der Waals surface area contributed by atoms with E-state index in [2.05, 4.69) is 31.0 Å². The third kappa shape index (κ3) is 19.7. The van der Waals surface area contributed by atoms with Gasteiger partial charge in [-0.1, -0.05) is 61.1 Å². The number of carbonyl (C=O) groups excluding carboxylic acids is 1. The molecule has 1 N–H and O–H groups in total. The number of rotatable bonds is 14. The molecule has 0 spiro atoms. The molecule has 0 unspecified atom stereocenters. The van der Waals surface area contributed by atoms with Crippen molar-refractivity contribution < 1.29 is 14.3 Å². The second kappa shape index (κ2) is 17.5. The van der Waals surface area contributed by atoms with Crippen LogP contribution in [0.15, 0.2) is 0 Å². The van der Waals surface area contributed by atoms with Gasteiger partial charge in [0.15, 0.2) is 0 Å². The van der Waals surface area contributed by atoms with Gasteiger partial charge in [-0.2, -0.15) is 0 Å². The summed E-state index contributed by atoms with van der Waals surface area (Å²) in [6.07, 6.45) is 2.49. The lowest BCUT2D eigenvalue weighted by molar-refractivity contribution is -0.121. The van der Waals surface area contributed by atoms with Crippen LogP contribution in [0.2, 0.25) is 0 Å². The van der Waals surface area contributed by atoms with Crippen LogP contribution in [0.3, 0.4) is 0 Å². The summed E-state index contributed by atoms with van der Waals surface area (Å²) < 4.78 is 10.8. The van der Waals surface area contributed by atoms with Crippen molar-refractivity contribution in [2.24, 2.45) is 11.8 Å². The summed E-state index contributed by atoms with van der Waals surface area (Å²) >= 11 is 0. The van der Waals surface area contributed by atoms with Crippen LogP contribution in [-0.2, 0) is 14.3 Å². The maximum atomic E-state index is 11.6. The Labute approximate surface area is 156 Å². The Balaban J connectivity index is 3.26. The summed E-state index contributed by atoms with van der Waals surface area (Å²) in [5, 5.41) is 2.83. The van der Waals surface area contributed by atoms with Crippen molar-refractivity contribution in [1.29, 1.82) is 0 Å². The fourth-order valence-corrected chi connectivity index (χ4v) is 3.51. The minimum atomic E-state index is 0.0504. The molecule has 24 heavy (non-hydrogen) atoms. The van der Waals surface area contributed by atoms with Crippen molar-refractivity contribution in [3.8, 4) is 11.8 Å². The highest BCUT2D eigenvalue weighted by Gasteiger charge is 2.00. The summed E-state index contributed by atoms with van der Waals surface area (Å²) in [7, 11) is 3.60. The Bertz CT molecular complexity index is 365. The quantitative estimate of drug-likeness (QED) is 0.215. The number of carbonyl (C=O) groups is 1. The van der Waals surface area contributed by atoms with E-state index in [-0.39, 0.29) is 5.91 Å². The molecular weight excluding hydrogens is 342 g/mol. The van der Waals surface area contributed by atoms with Crippen molar-refractivity contribution >= 4 is 27.5 Å². The molecule has 0 atom stereocenters. The van der Waals surface area contributed by atoms with Crippen LogP contribution in [0.25, 0.3) is 0 Å². The van der Waals surface area contributed by atoms with Gasteiger partial charge in [0.25, 0.3) is 0 Å². The van der Waals surface area contributed by atoms with E-state index in [4.69, 9.17) is 9.47 Å². The van der Waals surface area contributed by atoms with Gasteiger partial charge < -0.3 is 14.8 Å². The molecule has 0 radical (unpaired) electrons. The molecule has 0 aliphatic carbocycles. The first-order valence-electron chi connectivity index (χ1n) is 8.67. The van der Waals surface area contributed by atoms with E-state index in [9.17, 15) is 4.79 Å². The second-order valence-corrected chi connectivity index (χ2v) is 8.66. The maximum absolute atomic E-state index is 11.6. The average Bonchev–Trinajstić information content (AvgIpc) is 2.51. The third-order valence-corrected chi connectivity index (χ3v) is 4.94. The molecular formula is C18H33NO3S2. The molecule has 0 saturated carbocycles. The summed E-state index contributed by atoms with van der Waals surface area (Å²) in [6, 6.07) is 0. The number of amides is 1. The van der Waals surface area contributed by atoms with Crippen LogP contribution in [0.4, 0.5) is 0 Å². The van der Waals surface area contributed by atoms with Crippen molar-refractivity contribution in [3.63, 3.8) is 0 Å². The molecule has 0 aliphatic heterocycles. The molecule has 0 aliphatic rings. The zero-order chi connectivity index (χ0) is 18.0. The molecule has 140 valence electrons. The fraction of sp³-hybridized carbons (Fsp3) is 0.833. The highest BCUT2D eigenvalue weighted by atomic mass is 33.1. The summed E-state index contributed by atoms with van der Waals surface area (Å²) in [5.74, 6) is 9.00. The molecule has 4 nitrogen and oxygen atoms in total.